The van der Waals surface area contributed by atoms with E-state index in [1.165, 1.54) is 5.56 Å². The van der Waals surface area contributed by atoms with E-state index in [9.17, 15) is 4.79 Å². The minimum atomic E-state index is -0.171. The van der Waals surface area contributed by atoms with E-state index < -0.39 is 0 Å². The molecular weight excluding hydrogens is 338 g/mol. The molecule has 0 bridgehead atoms. The van der Waals surface area contributed by atoms with E-state index >= 15 is 0 Å². The van der Waals surface area contributed by atoms with Crippen molar-refractivity contribution in [2.45, 2.75) is 40.7 Å². The summed E-state index contributed by atoms with van der Waals surface area (Å²) >= 11 is 0. The number of hydrogen-bond acceptors (Lipinski definition) is 3. The predicted octanol–water partition coefficient (Wildman–Crippen LogP) is 4.02. The Kier molecular flexibility index (Phi) is 7.65. The number of aryl methyl sites for hydroxylation is 2. The van der Waals surface area contributed by atoms with Gasteiger partial charge in [0.25, 0.3) is 0 Å². The van der Waals surface area contributed by atoms with Gasteiger partial charge in [-0.1, -0.05) is 44.2 Å². The number of rotatable bonds is 8. The van der Waals surface area contributed by atoms with E-state index in [0.717, 1.165) is 23.2 Å². The van der Waals surface area contributed by atoms with E-state index in [0.29, 0.717) is 30.8 Å². The second kappa shape index (κ2) is 9.95. The van der Waals surface area contributed by atoms with Crippen LogP contribution in [-0.2, 0) is 13.0 Å². The average Bonchev–Trinajstić information content (AvgIpc) is 2.64. The van der Waals surface area contributed by atoms with Crippen molar-refractivity contribution >= 4 is 6.03 Å². The number of methoxy groups -OCH3 is 1. The van der Waals surface area contributed by atoms with Crippen molar-refractivity contribution in [1.82, 2.24) is 15.6 Å². The van der Waals surface area contributed by atoms with Gasteiger partial charge in [-0.15, -0.1) is 0 Å². The van der Waals surface area contributed by atoms with Crippen LogP contribution in [0.15, 0.2) is 36.4 Å². The summed E-state index contributed by atoms with van der Waals surface area (Å²) in [5.74, 6) is 1.43. The molecule has 1 atom stereocenters. The van der Waals surface area contributed by atoms with Crippen LogP contribution in [0, 0.1) is 25.7 Å². The lowest BCUT2D eigenvalue weighted by Crippen LogP contribution is -2.39. The maximum absolute atomic E-state index is 12.3. The highest BCUT2D eigenvalue weighted by Gasteiger charge is 2.16. The van der Waals surface area contributed by atoms with Crippen LogP contribution in [0.4, 0.5) is 4.79 Å². The van der Waals surface area contributed by atoms with E-state index in [1.807, 2.05) is 26.0 Å². The van der Waals surface area contributed by atoms with E-state index in [-0.39, 0.29) is 6.03 Å². The number of benzene rings is 1. The maximum Gasteiger partial charge on any atom is 0.315 e. The van der Waals surface area contributed by atoms with Crippen LogP contribution >= 0.6 is 0 Å². The molecule has 2 rings (SSSR count). The molecule has 1 heterocycles. The molecule has 0 saturated carbocycles. The van der Waals surface area contributed by atoms with Crippen molar-refractivity contribution in [3.63, 3.8) is 0 Å². The van der Waals surface area contributed by atoms with Crippen LogP contribution in [0.3, 0.4) is 0 Å². The summed E-state index contributed by atoms with van der Waals surface area (Å²) in [6.07, 6.45) is 0.952. The van der Waals surface area contributed by atoms with Gasteiger partial charge in [-0.25, -0.2) is 9.78 Å². The molecular formula is C22H31N3O2. The standard InChI is InChI=1S/C22H31N3O2/c1-15(2)19(12-18-9-7-6-8-10-18)13-23-22(26)24-14-20-16(3)11-17(4)25-21(20)27-5/h6-11,15,19H,12-14H2,1-5H3,(H2,23,24,26)/t19-/m1/s1. The minimum Gasteiger partial charge on any atom is -0.481 e. The Bertz CT molecular complexity index is 745. The molecule has 2 aromatic rings. The highest BCUT2D eigenvalue weighted by atomic mass is 16.5. The molecule has 5 nitrogen and oxygen atoms in total. The summed E-state index contributed by atoms with van der Waals surface area (Å²) < 4.78 is 5.35. The smallest absolute Gasteiger partial charge is 0.315 e. The van der Waals surface area contributed by atoms with Gasteiger partial charge in [0.05, 0.1) is 13.7 Å². The monoisotopic (exact) mass is 369 g/mol. The third kappa shape index (κ3) is 6.27. The summed E-state index contributed by atoms with van der Waals surface area (Å²) in [5.41, 5.74) is 4.16. The number of amides is 2. The molecule has 1 aromatic carbocycles. The van der Waals surface area contributed by atoms with Crippen molar-refractivity contribution in [3.8, 4) is 5.88 Å². The number of carbonyl (C=O) groups excluding carboxylic acids is 1. The summed E-state index contributed by atoms with van der Waals surface area (Å²) in [4.78, 5) is 16.7. The molecule has 146 valence electrons. The molecule has 0 fully saturated rings. The Morgan fingerprint density at radius 3 is 2.48 bits per heavy atom. The summed E-state index contributed by atoms with van der Waals surface area (Å²) in [6, 6.07) is 12.2. The maximum atomic E-state index is 12.3. The van der Waals surface area contributed by atoms with Gasteiger partial charge in [-0.3, -0.25) is 0 Å². The molecule has 5 heteroatoms. The van der Waals surface area contributed by atoms with Crippen molar-refractivity contribution in [2.24, 2.45) is 11.8 Å². The molecule has 0 aliphatic carbocycles. The summed E-state index contributed by atoms with van der Waals surface area (Å²) in [7, 11) is 1.60. The number of urea groups is 1. The highest BCUT2D eigenvalue weighted by molar-refractivity contribution is 5.73. The number of pyridine rings is 1. The van der Waals surface area contributed by atoms with Crippen molar-refractivity contribution in [2.75, 3.05) is 13.7 Å². The first-order valence-electron chi connectivity index (χ1n) is 9.47. The van der Waals surface area contributed by atoms with Crippen LogP contribution in [0.2, 0.25) is 0 Å². The van der Waals surface area contributed by atoms with Gasteiger partial charge in [-0.05, 0) is 49.3 Å². The molecule has 0 aliphatic rings. The Labute approximate surface area is 162 Å². The zero-order valence-electron chi connectivity index (χ0n) is 17.0. The van der Waals surface area contributed by atoms with E-state index in [1.54, 1.807) is 7.11 Å². The van der Waals surface area contributed by atoms with Gasteiger partial charge in [0.15, 0.2) is 0 Å². The highest BCUT2D eigenvalue weighted by Crippen LogP contribution is 2.20. The zero-order chi connectivity index (χ0) is 19.8. The molecule has 1 aromatic heterocycles. The SMILES string of the molecule is COc1nc(C)cc(C)c1CNC(=O)NC[C@@H](Cc1ccccc1)C(C)C. The Morgan fingerprint density at radius 1 is 1.15 bits per heavy atom. The molecule has 2 N–H and O–H groups in total. The molecule has 27 heavy (non-hydrogen) atoms. The molecule has 2 amide bonds. The second-order valence-corrected chi connectivity index (χ2v) is 7.33. The van der Waals surface area contributed by atoms with Crippen LogP contribution in [0.5, 0.6) is 5.88 Å². The number of hydrogen-bond donors (Lipinski definition) is 2. The molecule has 0 aliphatic heterocycles. The number of nitrogens with zero attached hydrogens (tertiary/aromatic N) is 1. The second-order valence-electron chi connectivity index (χ2n) is 7.33. The Hall–Kier alpha value is -2.56. The summed E-state index contributed by atoms with van der Waals surface area (Å²) in [6.45, 7) is 9.34. The topological polar surface area (TPSA) is 63.2 Å². The lowest BCUT2D eigenvalue weighted by molar-refractivity contribution is 0.236. The van der Waals surface area contributed by atoms with Gasteiger partial charge in [0.1, 0.15) is 0 Å². The lowest BCUT2D eigenvalue weighted by atomic mass is 9.89. The first kappa shape index (κ1) is 20.7. The zero-order valence-corrected chi connectivity index (χ0v) is 17.0. The van der Waals surface area contributed by atoms with Crippen LogP contribution in [-0.4, -0.2) is 24.7 Å². The van der Waals surface area contributed by atoms with Gasteiger partial charge >= 0.3 is 6.03 Å². The van der Waals surface area contributed by atoms with Gasteiger partial charge in [0.2, 0.25) is 5.88 Å². The minimum absolute atomic E-state index is 0.171. The Balaban J connectivity index is 1.89. The number of carbonyl (C=O) groups is 1. The first-order valence-corrected chi connectivity index (χ1v) is 9.47. The molecule has 0 unspecified atom stereocenters. The van der Waals surface area contributed by atoms with Crippen LogP contribution in [0.25, 0.3) is 0 Å². The number of ether oxygens (including phenoxy) is 1. The quantitative estimate of drug-likeness (QED) is 0.739. The normalized spacial score (nSPS) is 11.9. The molecule has 0 spiro atoms. The lowest BCUT2D eigenvalue weighted by Gasteiger charge is -2.22. The average molecular weight is 370 g/mol. The van der Waals surface area contributed by atoms with Crippen molar-refractivity contribution in [3.05, 3.63) is 58.8 Å². The van der Waals surface area contributed by atoms with Crippen molar-refractivity contribution < 1.29 is 9.53 Å². The largest absolute Gasteiger partial charge is 0.481 e. The van der Waals surface area contributed by atoms with Crippen molar-refractivity contribution in [1.29, 1.82) is 0 Å². The van der Waals surface area contributed by atoms with Crippen LogP contribution in [0.1, 0.15) is 36.2 Å². The fourth-order valence-corrected chi connectivity index (χ4v) is 3.13. The Morgan fingerprint density at radius 2 is 1.85 bits per heavy atom. The van der Waals surface area contributed by atoms with Gasteiger partial charge in [0, 0.05) is 17.8 Å². The molecule has 0 radical (unpaired) electrons. The van der Waals surface area contributed by atoms with E-state index in [4.69, 9.17) is 4.74 Å². The fourth-order valence-electron chi connectivity index (χ4n) is 3.13. The first-order chi connectivity index (χ1) is 12.9. The third-order valence-electron chi connectivity index (χ3n) is 4.86. The van der Waals surface area contributed by atoms with Crippen LogP contribution < -0.4 is 15.4 Å². The van der Waals surface area contributed by atoms with Gasteiger partial charge < -0.3 is 15.4 Å². The number of nitrogens with one attached hydrogen (secondary N) is 2. The van der Waals surface area contributed by atoms with Gasteiger partial charge in [-0.2, -0.15) is 0 Å². The third-order valence-corrected chi connectivity index (χ3v) is 4.86. The number of aromatic nitrogens is 1. The molecule has 0 saturated heterocycles. The predicted molar refractivity (Wildman–Crippen MR) is 109 cm³/mol. The fraction of sp³-hybridized carbons (Fsp3) is 0.455. The van der Waals surface area contributed by atoms with E-state index in [2.05, 4.69) is 53.7 Å². The summed E-state index contributed by atoms with van der Waals surface area (Å²) in [5, 5.41) is 5.93.